The molecule has 2 radical (unpaired) electrons. The molecular weight excluding hydrogens is 205 g/mol. The molecule has 1 aliphatic rings. The summed E-state index contributed by atoms with van der Waals surface area (Å²) < 4.78 is 13.5. The first kappa shape index (κ1) is 10.9. The first-order valence-electron chi connectivity index (χ1n) is 5.13. The number of hydrogen-bond acceptors (Lipinski definition) is 1. The van der Waals surface area contributed by atoms with Gasteiger partial charge in [0.2, 0.25) is 0 Å². The van der Waals surface area contributed by atoms with E-state index >= 15 is 0 Å². The maximum atomic E-state index is 13.5. The number of nitrogens with zero attached hydrogens (tertiary/aromatic N) is 1. The molecule has 0 N–H and O–H groups in total. The molecule has 0 heterocycles. The second kappa shape index (κ2) is 4.08. The Labute approximate surface area is 94.2 Å². The molecular formula is C13H12FNO. The van der Waals surface area contributed by atoms with E-state index < -0.39 is 0 Å². The van der Waals surface area contributed by atoms with Crippen LogP contribution in [0, 0.1) is 12.7 Å². The van der Waals surface area contributed by atoms with Gasteiger partial charge in [0, 0.05) is 12.1 Å². The van der Waals surface area contributed by atoms with Crippen LogP contribution in [-0.4, -0.2) is 12.5 Å². The number of carbonyl (C=O) groups is 1. The molecule has 0 saturated heterocycles. The molecule has 0 unspecified atom stereocenters. The highest BCUT2D eigenvalue weighted by Crippen LogP contribution is 2.29. The molecule has 0 atom stereocenters. The van der Waals surface area contributed by atoms with Gasteiger partial charge < -0.3 is 0 Å². The van der Waals surface area contributed by atoms with E-state index in [1.807, 2.05) is 13.0 Å². The molecule has 0 spiro atoms. The topological polar surface area (TPSA) is 31.2 Å². The number of hydrogen-bond donors (Lipinski definition) is 0. The quantitative estimate of drug-likeness (QED) is 0.748. The molecule has 1 aliphatic carbocycles. The maximum absolute atomic E-state index is 13.5. The fourth-order valence-electron chi connectivity index (χ4n) is 1.93. The first-order valence-corrected chi connectivity index (χ1v) is 5.13. The number of carbonyl (C=O) groups excluding carboxylic acids is 1. The number of benzene rings is 1. The Bertz CT molecular complexity index is 477. The fraction of sp³-hybridized carbons (Fsp3) is 0.231. The van der Waals surface area contributed by atoms with Crippen molar-refractivity contribution in [1.29, 1.82) is 0 Å². The number of halogens is 1. The van der Waals surface area contributed by atoms with Gasteiger partial charge in [-0.05, 0) is 43.5 Å². The van der Waals surface area contributed by atoms with Crippen molar-refractivity contribution in [3.63, 3.8) is 0 Å². The van der Waals surface area contributed by atoms with Crippen LogP contribution in [0.4, 0.5) is 4.39 Å². The predicted molar refractivity (Wildman–Crippen MR) is 60.4 cm³/mol. The van der Waals surface area contributed by atoms with E-state index in [2.05, 4.69) is 12.2 Å². The van der Waals surface area contributed by atoms with Crippen LogP contribution in [0.3, 0.4) is 0 Å². The zero-order valence-electron chi connectivity index (χ0n) is 9.09. The summed E-state index contributed by atoms with van der Waals surface area (Å²) in [5.74, 6) is -0.577. The molecule has 0 bridgehead atoms. The van der Waals surface area contributed by atoms with E-state index in [-0.39, 0.29) is 18.3 Å². The Morgan fingerprint density at radius 3 is 3.00 bits per heavy atom. The lowest BCUT2D eigenvalue weighted by Gasteiger charge is -2.06. The van der Waals surface area contributed by atoms with Crippen molar-refractivity contribution in [3.05, 3.63) is 47.1 Å². The van der Waals surface area contributed by atoms with Crippen LogP contribution in [0.1, 0.15) is 28.4 Å². The standard InChI is InChI=1S/C13H12FNO/c1-3-15-13(16)9-4-5-12(14)11-7-8(2)6-10(9)11/h4-6H,1,3,7H2,2H3. The van der Waals surface area contributed by atoms with E-state index in [0.717, 1.165) is 5.57 Å². The third-order valence-corrected chi connectivity index (χ3v) is 2.63. The van der Waals surface area contributed by atoms with E-state index in [0.29, 0.717) is 23.1 Å². The second-order valence-corrected chi connectivity index (χ2v) is 3.84. The summed E-state index contributed by atoms with van der Waals surface area (Å²) in [5, 5.41) is 3.73. The zero-order chi connectivity index (χ0) is 11.7. The summed E-state index contributed by atoms with van der Waals surface area (Å²) in [4.78, 5) is 11.7. The first-order chi connectivity index (χ1) is 7.63. The van der Waals surface area contributed by atoms with Gasteiger partial charge in [-0.15, -0.1) is 0 Å². The average Bonchev–Trinajstić information content (AvgIpc) is 2.61. The van der Waals surface area contributed by atoms with Gasteiger partial charge in [0.15, 0.2) is 0 Å². The number of allylic oxidation sites excluding steroid dienone is 1. The number of rotatable bonds is 2. The van der Waals surface area contributed by atoms with Crippen LogP contribution in [0.5, 0.6) is 0 Å². The summed E-state index contributed by atoms with van der Waals surface area (Å²) in [6.45, 7) is 5.63. The van der Waals surface area contributed by atoms with Gasteiger partial charge in [-0.25, -0.2) is 9.71 Å². The molecule has 1 aromatic carbocycles. The summed E-state index contributed by atoms with van der Waals surface area (Å²) in [6, 6.07) is 2.82. The van der Waals surface area contributed by atoms with Crippen molar-refractivity contribution in [3.8, 4) is 0 Å². The summed E-state index contributed by atoms with van der Waals surface area (Å²) in [7, 11) is 0. The molecule has 1 aromatic rings. The second-order valence-electron chi connectivity index (χ2n) is 3.84. The molecule has 0 aliphatic heterocycles. The summed E-state index contributed by atoms with van der Waals surface area (Å²) in [5.41, 5.74) is 2.81. The lowest BCUT2D eigenvalue weighted by atomic mass is 10.0. The maximum Gasteiger partial charge on any atom is 0.273 e. The average molecular weight is 217 g/mol. The van der Waals surface area contributed by atoms with Crippen LogP contribution in [-0.2, 0) is 6.42 Å². The van der Waals surface area contributed by atoms with Crippen LogP contribution >= 0.6 is 0 Å². The van der Waals surface area contributed by atoms with Gasteiger partial charge in [0.25, 0.3) is 5.91 Å². The normalized spacial score (nSPS) is 13.3. The number of fused-ring (bicyclic) bond motifs is 1. The minimum Gasteiger partial charge on any atom is -0.267 e. The SMILES string of the molecule is [CH2]C[N]C(=O)c1ccc(F)c2c1C=C(C)C2. The van der Waals surface area contributed by atoms with E-state index in [1.165, 1.54) is 12.1 Å². The van der Waals surface area contributed by atoms with Crippen LogP contribution in [0.2, 0.25) is 0 Å². The molecule has 0 aromatic heterocycles. The van der Waals surface area contributed by atoms with Gasteiger partial charge in [-0.1, -0.05) is 11.6 Å². The van der Waals surface area contributed by atoms with Gasteiger partial charge in [-0.3, -0.25) is 4.79 Å². The van der Waals surface area contributed by atoms with Crippen molar-refractivity contribution in [2.75, 3.05) is 6.54 Å². The highest BCUT2D eigenvalue weighted by atomic mass is 19.1. The Balaban J connectivity index is 2.48. The molecule has 2 nitrogen and oxygen atoms in total. The lowest BCUT2D eigenvalue weighted by molar-refractivity contribution is 0.0953. The molecule has 82 valence electrons. The Hall–Kier alpha value is -1.64. The third kappa shape index (κ3) is 1.73. The molecule has 3 heteroatoms. The van der Waals surface area contributed by atoms with Gasteiger partial charge >= 0.3 is 0 Å². The van der Waals surface area contributed by atoms with Crippen molar-refractivity contribution >= 4 is 12.0 Å². The van der Waals surface area contributed by atoms with Crippen LogP contribution < -0.4 is 5.32 Å². The monoisotopic (exact) mass is 217 g/mol. The van der Waals surface area contributed by atoms with E-state index in [4.69, 9.17) is 0 Å². The van der Waals surface area contributed by atoms with Crippen LogP contribution in [0.25, 0.3) is 6.08 Å². The predicted octanol–water partition coefficient (Wildman–Crippen LogP) is 2.36. The Morgan fingerprint density at radius 2 is 2.31 bits per heavy atom. The lowest BCUT2D eigenvalue weighted by Crippen LogP contribution is -2.16. The van der Waals surface area contributed by atoms with Crippen molar-refractivity contribution in [2.45, 2.75) is 13.3 Å². The molecule has 0 saturated carbocycles. The van der Waals surface area contributed by atoms with E-state index in [1.54, 1.807) is 0 Å². The Kier molecular flexibility index (Phi) is 2.77. The largest absolute Gasteiger partial charge is 0.273 e. The van der Waals surface area contributed by atoms with Gasteiger partial charge in [0.1, 0.15) is 5.82 Å². The Morgan fingerprint density at radius 1 is 1.56 bits per heavy atom. The number of amides is 1. The van der Waals surface area contributed by atoms with Gasteiger partial charge in [0.05, 0.1) is 0 Å². The van der Waals surface area contributed by atoms with Crippen molar-refractivity contribution < 1.29 is 9.18 Å². The summed E-state index contributed by atoms with van der Waals surface area (Å²) in [6.07, 6.45) is 2.43. The third-order valence-electron chi connectivity index (χ3n) is 2.63. The van der Waals surface area contributed by atoms with Crippen molar-refractivity contribution in [1.82, 2.24) is 5.32 Å². The smallest absolute Gasteiger partial charge is 0.267 e. The zero-order valence-corrected chi connectivity index (χ0v) is 9.09. The van der Waals surface area contributed by atoms with Crippen molar-refractivity contribution in [2.24, 2.45) is 0 Å². The highest BCUT2D eigenvalue weighted by molar-refractivity contribution is 5.98. The van der Waals surface area contributed by atoms with Gasteiger partial charge in [-0.2, -0.15) is 0 Å². The molecule has 2 rings (SSSR count). The minimum atomic E-state index is -0.322. The molecule has 1 amide bonds. The summed E-state index contributed by atoms with van der Waals surface area (Å²) >= 11 is 0. The minimum absolute atomic E-state index is 0.202. The fourth-order valence-corrected chi connectivity index (χ4v) is 1.93. The van der Waals surface area contributed by atoms with Crippen LogP contribution in [0.15, 0.2) is 17.7 Å². The molecule has 0 fully saturated rings. The van der Waals surface area contributed by atoms with E-state index in [9.17, 15) is 9.18 Å². The highest BCUT2D eigenvalue weighted by Gasteiger charge is 2.21. The molecule has 16 heavy (non-hydrogen) atoms.